The molecule has 2 nitrogen and oxygen atoms in total. The maximum atomic E-state index is 4.39. The van der Waals surface area contributed by atoms with Crippen LogP contribution >= 0.6 is 0 Å². The molecule has 0 aliphatic rings. The van der Waals surface area contributed by atoms with Crippen molar-refractivity contribution in [2.45, 2.75) is 33.1 Å². The van der Waals surface area contributed by atoms with Gasteiger partial charge in [0.05, 0.1) is 5.69 Å². The molecule has 2 heteroatoms. The van der Waals surface area contributed by atoms with Crippen LogP contribution in [0.15, 0.2) is 30.3 Å². The Morgan fingerprint density at radius 3 is 2.38 bits per heavy atom. The predicted octanol–water partition coefficient (Wildman–Crippen LogP) is 3.68. The fourth-order valence-corrected chi connectivity index (χ4v) is 1.70. The lowest BCUT2D eigenvalue weighted by molar-refractivity contribution is 0.567. The first-order chi connectivity index (χ1) is 7.48. The van der Waals surface area contributed by atoms with E-state index in [-0.39, 0.29) is 5.41 Å². The predicted molar refractivity (Wildman–Crippen MR) is 67.5 cm³/mol. The number of benzene rings is 1. The molecule has 1 aromatic heterocycles. The van der Waals surface area contributed by atoms with E-state index in [4.69, 9.17) is 0 Å². The maximum absolute atomic E-state index is 4.39. The summed E-state index contributed by atoms with van der Waals surface area (Å²) < 4.78 is 0. The molecule has 0 saturated heterocycles. The van der Waals surface area contributed by atoms with Gasteiger partial charge in [-0.1, -0.05) is 45.0 Å². The number of H-pyrrole nitrogens is 1. The van der Waals surface area contributed by atoms with E-state index in [2.05, 4.69) is 62.2 Å². The molecule has 0 atom stereocenters. The quantitative estimate of drug-likeness (QED) is 0.770. The van der Waals surface area contributed by atoms with Gasteiger partial charge in [0, 0.05) is 16.7 Å². The zero-order chi connectivity index (χ0) is 11.8. The van der Waals surface area contributed by atoms with Crippen molar-refractivity contribution < 1.29 is 0 Å². The van der Waals surface area contributed by atoms with Gasteiger partial charge in [-0.15, -0.1) is 0 Å². The number of aromatic amines is 1. The van der Waals surface area contributed by atoms with Crippen LogP contribution in [0.3, 0.4) is 0 Å². The van der Waals surface area contributed by atoms with E-state index in [0.717, 1.165) is 5.69 Å². The van der Waals surface area contributed by atoms with Crippen molar-refractivity contribution in [3.63, 3.8) is 0 Å². The van der Waals surface area contributed by atoms with E-state index >= 15 is 0 Å². The molecule has 0 spiro atoms. The van der Waals surface area contributed by atoms with Gasteiger partial charge in [0.1, 0.15) is 0 Å². The van der Waals surface area contributed by atoms with Crippen LogP contribution in [0.2, 0.25) is 0 Å². The van der Waals surface area contributed by atoms with Crippen molar-refractivity contribution >= 4 is 0 Å². The highest BCUT2D eigenvalue weighted by Gasteiger charge is 2.17. The van der Waals surface area contributed by atoms with Gasteiger partial charge >= 0.3 is 0 Å². The first-order valence-corrected chi connectivity index (χ1v) is 5.60. The molecule has 0 amide bonds. The van der Waals surface area contributed by atoms with Crippen LogP contribution < -0.4 is 0 Å². The topological polar surface area (TPSA) is 28.7 Å². The van der Waals surface area contributed by atoms with Crippen molar-refractivity contribution in [3.05, 3.63) is 41.6 Å². The van der Waals surface area contributed by atoms with Gasteiger partial charge in [0.15, 0.2) is 0 Å². The van der Waals surface area contributed by atoms with Gasteiger partial charge in [-0.25, -0.2) is 0 Å². The number of nitrogens with one attached hydrogen (secondary N) is 1. The first kappa shape index (κ1) is 10.9. The van der Waals surface area contributed by atoms with Crippen molar-refractivity contribution in [3.8, 4) is 11.3 Å². The van der Waals surface area contributed by atoms with Crippen molar-refractivity contribution in [2.75, 3.05) is 0 Å². The van der Waals surface area contributed by atoms with E-state index in [1.807, 2.05) is 6.07 Å². The lowest BCUT2D eigenvalue weighted by atomic mass is 9.91. The third-order valence-electron chi connectivity index (χ3n) is 2.81. The van der Waals surface area contributed by atoms with E-state index in [9.17, 15) is 0 Å². The standard InChI is InChI=1S/C14H18N2/c1-10-7-5-6-8-11(10)12-9-13(16-15-12)14(2,3)4/h5-9H,1-4H3,(H,15,16). The summed E-state index contributed by atoms with van der Waals surface area (Å²) in [6, 6.07) is 10.5. The Hall–Kier alpha value is -1.57. The summed E-state index contributed by atoms with van der Waals surface area (Å²) in [5.41, 5.74) is 4.78. The number of nitrogens with zero attached hydrogens (tertiary/aromatic N) is 1. The number of aryl methyl sites for hydroxylation is 1. The van der Waals surface area contributed by atoms with Gasteiger partial charge in [-0.3, -0.25) is 5.10 Å². The summed E-state index contributed by atoms with van der Waals surface area (Å²) in [4.78, 5) is 0. The third kappa shape index (κ3) is 2.01. The molecule has 2 rings (SSSR count). The molecule has 0 bridgehead atoms. The van der Waals surface area contributed by atoms with Crippen molar-refractivity contribution in [1.29, 1.82) is 0 Å². The normalized spacial score (nSPS) is 11.8. The number of rotatable bonds is 1. The summed E-state index contributed by atoms with van der Waals surface area (Å²) in [6.45, 7) is 8.66. The third-order valence-corrected chi connectivity index (χ3v) is 2.81. The second-order valence-corrected chi connectivity index (χ2v) is 5.23. The SMILES string of the molecule is Cc1ccccc1-c1cc(C(C)(C)C)[nH]n1. The second kappa shape index (κ2) is 3.78. The van der Waals surface area contributed by atoms with Gasteiger partial charge in [0.2, 0.25) is 0 Å². The Kier molecular flexibility index (Phi) is 2.58. The summed E-state index contributed by atoms with van der Waals surface area (Å²) in [5.74, 6) is 0. The van der Waals surface area contributed by atoms with Crippen LogP contribution in [0, 0.1) is 6.92 Å². The van der Waals surface area contributed by atoms with Gasteiger partial charge in [-0.05, 0) is 18.6 Å². The first-order valence-electron chi connectivity index (χ1n) is 5.60. The zero-order valence-corrected chi connectivity index (χ0v) is 10.3. The smallest absolute Gasteiger partial charge is 0.0926 e. The van der Waals surface area contributed by atoms with E-state index in [0.29, 0.717) is 0 Å². The lowest BCUT2D eigenvalue weighted by Crippen LogP contribution is -2.11. The summed E-state index contributed by atoms with van der Waals surface area (Å²) in [5, 5.41) is 7.51. The highest BCUT2D eigenvalue weighted by molar-refractivity contribution is 5.63. The molecular formula is C14H18N2. The van der Waals surface area contributed by atoms with Crippen LogP contribution in [0.25, 0.3) is 11.3 Å². The molecule has 0 aliphatic carbocycles. The monoisotopic (exact) mass is 214 g/mol. The number of hydrogen-bond donors (Lipinski definition) is 1. The Balaban J connectivity index is 2.44. The molecule has 1 aromatic carbocycles. The van der Waals surface area contributed by atoms with Crippen molar-refractivity contribution in [2.24, 2.45) is 0 Å². The molecule has 1 N–H and O–H groups in total. The molecule has 1 heterocycles. The van der Waals surface area contributed by atoms with Gasteiger partial charge in [0.25, 0.3) is 0 Å². The molecule has 0 saturated carbocycles. The fourth-order valence-electron chi connectivity index (χ4n) is 1.70. The molecule has 0 radical (unpaired) electrons. The average Bonchev–Trinajstić information content (AvgIpc) is 2.66. The molecule has 0 fully saturated rings. The van der Waals surface area contributed by atoms with E-state index < -0.39 is 0 Å². The Labute approximate surface area is 96.7 Å². The fraction of sp³-hybridized carbons (Fsp3) is 0.357. The van der Waals surface area contributed by atoms with Gasteiger partial charge in [-0.2, -0.15) is 5.10 Å². The zero-order valence-electron chi connectivity index (χ0n) is 10.3. The summed E-state index contributed by atoms with van der Waals surface area (Å²) in [6.07, 6.45) is 0. The minimum Gasteiger partial charge on any atom is -0.281 e. The summed E-state index contributed by atoms with van der Waals surface area (Å²) in [7, 11) is 0. The van der Waals surface area contributed by atoms with Crippen molar-refractivity contribution in [1.82, 2.24) is 10.2 Å². The minimum absolute atomic E-state index is 0.119. The molecule has 0 unspecified atom stereocenters. The van der Waals surface area contributed by atoms with Crippen LogP contribution in [0.5, 0.6) is 0 Å². The van der Waals surface area contributed by atoms with Gasteiger partial charge < -0.3 is 0 Å². The van der Waals surface area contributed by atoms with Crippen LogP contribution in [0.1, 0.15) is 32.0 Å². The molecular weight excluding hydrogens is 196 g/mol. The van der Waals surface area contributed by atoms with E-state index in [1.54, 1.807) is 0 Å². The second-order valence-electron chi connectivity index (χ2n) is 5.23. The highest BCUT2D eigenvalue weighted by atomic mass is 15.1. The summed E-state index contributed by atoms with van der Waals surface area (Å²) >= 11 is 0. The van der Waals surface area contributed by atoms with Crippen LogP contribution in [-0.4, -0.2) is 10.2 Å². The Morgan fingerprint density at radius 1 is 1.12 bits per heavy atom. The molecule has 0 aliphatic heterocycles. The maximum Gasteiger partial charge on any atom is 0.0926 e. The molecule has 2 aromatic rings. The largest absolute Gasteiger partial charge is 0.281 e. The Morgan fingerprint density at radius 2 is 1.81 bits per heavy atom. The Bertz CT molecular complexity index is 489. The molecule has 16 heavy (non-hydrogen) atoms. The van der Waals surface area contributed by atoms with Crippen LogP contribution in [0.4, 0.5) is 0 Å². The highest BCUT2D eigenvalue weighted by Crippen LogP contribution is 2.26. The van der Waals surface area contributed by atoms with Crippen LogP contribution in [-0.2, 0) is 5.41 Å². The minimum atomic E-state index is 0.119. The number of hydrogen-bond acceptors (Lipinski definition) is 1. The average molecular weight is 214 g/mol. The number of aromatic nitrogens is 2. The van der Waals surface area contributed by atoms with E-state index in [1.165, 1.54) is 16.8 Å². The lowest BCUT2D eigenvalue weighted by Gasteiger charge is -2.14. The molecule has 84 valence electrons.